The first-order chi connectivity index (χ1) is 8.52. The van der Waals surface area contributed by atoms with E-state index in [-0.39, 0.29) is 5.91 Å². The Morgan fingerprint density at radius 1 is 1.44 bits per heavy atom. The van der Waals surface area contributed by atoms with Gasteiger partial charge in [0.25, 0.3) is 0 Å². The lowest BCUT2D eigenvalue weighted by molar-refractivity contribution is -0.117. The third-order valence-corrected chi connectivity index (χ3v) is 2.57. The molecule has 0 heterocycles. The first-order valence-electron chi connectivity index (χ1n) is 6.17. The molecule has 4 nitrogen and oxygen atoms in total. The number of hydrogen-bond acceptors (Lipinski definition) is 3. The highest BCUT2D eigenvalue weighted by Gasteiger charge is 2.14. The summed E-state index contributed by atoms with van der Waals surface area (Å²) in [7, 11) is 1.64. The lowest BCUT2D eigenvalue weighted by Gasteiger charge is -2.14. The van der Waals surface area contributed by atoms with Gasteiger partial charge in [-0.3, -0.25) is 4.79 Å². The Labute approximate surface area is 109 Å². The van der Waals surface area contributed by atoms with Crippen molar-refractivity contribution in [3.63, 3.8) is 0 Å². The van der Waals surface area contributed by atoms with Crippen molar-refractivity contribution in [2.45, 2.75) is 32.9 Å². The lowest BCUT2D eigenvalue weighted by atomic mass is 10.0. The van der Waals surface area contributed by atoms with E-state index in [4.69, 9.17) is 10.5 Å². The zero-order valence-corrected chi connectivity index (χ0v) is 11.3. The standard InChI is InChI=1S/C14H22N2O2/c1-10(2)7-13(15)14(17)16-12-6-4-5-11(8-12)9-18-3/h4-6,8,10,13H,7,9,15H2,1-3H3,(H,16,17)/t13-/m0/s1. The Bertz CT molecular complexity index is 391. The van der Waals surface area contributed by atoms with E-state index in [1.165, 1.54) is 0 Å². The van der Waals surface area contributed by atoms with Crippen molar-refractivity contribution in [3.05, 3.63) is 29.8 Å². The van der Waals surface area contributed by atoms with E-state index in [1.807, 2.05) is 38.1 Å². The van der Waals surface area contributed by atoms with Crippen LogP contribution in [0.15, 0.2) is 24.3 Å². The van der Waals surface area contributed by atoms with Gasteiger partial charge < -0.3 is 15.8 Å². The van der Waals surface area contributed by atoms with Crippen LogP contribution in [0.2, 0.25) is 0 Å². The minimum atomic E-state index is -0.462. The molecule has 0 bridgehead atoms. The molecule has 1 aromatic carbocycles. The maximum absolute atomic E-state index is 11.8. The number of carbonyl (C=O) groups excluding carboxylic acids is 1. The van der Waals surface area contributed by atoms with Crippen molar-refractivity contribution >= 4 is 11.6 Å². The summed E-state index contributed by atoms with van der Waals surface area (Å²) in [5.74, 6) is 0.267. The molecule has 4 heteroatoms. The quantitative estimate of drug-likeness (QED) is 0.813. The molecule has 0 aliphatic rings. The second kappa shape index (κ2) is 7.13. The third-order valence-electron chi connectivity index (χ3n) is 2.57. The van der Waals surface area contributed by atoms with E-state index in [1.54, 1.807) is 7.11 Å². The average molecular weight is 250 g/mol. The molecule has 0 aromatic heterocycles. The predicted octanol–water partition coefficient (Wildman–Crippen LogP) is 2.14. The summed E-state index contributed by atoms with van der Waals surface area (Å²) in [6, 6.07) is 7.12. The number of rotatable bonds is 6. The number of methoxy groups -OCH3 is 1. The number of ether oxygens (including phenoxy) is 1. The van der Waals surface area contributed by atoms with Crippen molar-refractivity contribution in [2.75, 3.05) is 12.4 Å². The minimum Gasteiger partial charge on any atom is -0.380 e. The normalized spacial score (nSPS) is 12.5. The SMILES string of the molecule is COCc1cccc(NC(=O)[C@@H](N)CC(C)C)c1. The Morgan fingerprint density at radius 3 is 2.78 bits per heavy atom. The molecule has 18 heavy (non-hydrogen) atoms. The van der Waals surface area contributed by atoms with E-state index in [2.05, 4.69) is 5.32 Å². The fourth-order valence-corrected chi connectivity index (χ4v) is 1.76. The minimum absolute atomic E-state index is 0.140. The highest BCUT2D eigenvalue weighted by atomic mass is 16.5. The second-order valence-electron chi connectivity index (χ2n) is 4.86. The summed E-state index contributed by atoms with van der Waals surface area (Å²) >= 11 is 0. The summed E-state index contributed by atoms with van der Waals surface area (Å²) in [6.07, 6.45) is 0.684. The van der Waals surface area contributed by atoms with Crippen LogP contribution in [0.3, 0.4) is 0 Å². The zero-order chi connectivity index (χ0) is 13.5. The van der Waals surface area contributed by atoms with Gasteiger partial charge in [-0.05, 0) is 30.0 Å². The first-order valence-corrected chi connectivity index (χ1v) is 6.17. The van der Waals surface area contributed by atoms with Crippen LogP contribution < -0.4 is 11.1 Å². The summed E-state index contributed by atoms with van der Waals surface area (Å²) < 4.78 is 5.05. The highest BCUT2D eigenvalue weighted by molar-refractivity contribution is 5.94. The molecule has 0 spiro atoms. The number of hydrogen-bond donors (Lipinski definition) is 2. The molecular weight excluding hydrogens is 228 g/mol. The fraction of sp³-hybridized carbons (Fsp3) is 0.500. The van der Waals surface area contributed by atoms with Gasteiger partial charge in [0.15, 0.2) is 0 Å². The molecule has 3 N–H and O–H groups in total. The van der Waals surface area contributed by atoms with Crippen LogP contribution >= 0.6 is 0 Å². The number of carbonyl (C=O) groups is 1. The molecule has 1 aromatic rings. The van der Waals surface area contributed by atoms with Crippen molar-refractivity contribution in [1.82, 2.24) is 0 Å². The van der Waals surface area contributed by atoms with Gasteiger partial charge in [0.05, 0.1) is 12.6 Å². The molecule has 0 saturated heterocycles. The molecule has 100 valence electrons. The lowest BCUT2D eigenvalue weighted by Crippen LogP contribution is -2.36. The first kappa shape index (κ1) is 14.7. The summed E-state index contributed by atoms with van der Waals surface area (Å²) in [5.41, 5.74) is 7.61. The maximum atomic E-state index is 11.8. The molecule has 0 fully saturated rings. The Morgan fingerprint density at radius 2 is 2.17 bits per heavy atom. The monoisotopic (exact) mass is 250 g/mol. The van der Waals surface area contributed by atoms with Gasteiger partial charge in [0.2, 0.25) is 5.91 Å². The molecule has 0 saturated carbocycles. The number of amides is 1. The third kappa shape index (κ3) is 4.85. The van der Waals surface area contributed by atoms with Gasteiger partial charge >= 0.3 is 0 Å². The van der Waals surface area contributed by atoms with E-state index in [0.717, 1.165) is 11.3 Å². The van der Waals surface area contributed by atoms with Crippen LogP contribution in [0.4, 0.5) is 5.69 Å². The number of nitrogens with two attached hydrogens (primary N) is 1. The Balaban J connectivity index is 2.61. The van der Waals surface area contributed by atoms with Crippen molar-refractivity contribution in [2.24, 2.45) is 11.7 Å². The van der Waals surface area contributed by atoms with Gasteiger partial charge in [-0.15, -0.1) is 0 Å². The van der Waals surface area contributed by atoms with Crippen LogP contribution in [-0.4, -0.2) is 19.1 Å². The van der Waals surface area contributed by atoms with E-state index in [0.29, 0.717) is 18.9 Å². The van der Waals surface area contributed by atoms with E-state index >= 15 is 0 Å². The molecule has 0 unspecified atom stereocenters. The van der Waals surface area contributed by atoms with Crippen LogP contribution in [0.5, 0.6) is 0 Å². The van der Waals surface area contributed by atoms with Crippen molar-refractivity contribution in [3.8, 4) is 0 Å². The average Bonchev–Trinajstić information content (AvgIpc) is 2.29. The fourth-order valence-electron chi connectivity index (χ4n) is 1.76. The molecular formula is C14H22N2O2. The number of anilines is 1. The summed E-state index contributed by atoms with van der Waals surface area (Å²) in [5, 5.41) is 2.83. The number of benzene rings is 1. The van der Waals surface area contributed by atoms with Crippen molar-refractivity contribution in [1.29, 1.82) is 0 Å². The smallest absolute Gasteiger partial charge is 0.241 e. The topological polar surface area (TPSA) is 64.3 Å². The molecule has 0 aliphatic carbocycles. The molecule has 1 atom stereocenters. The van der Waals surface area contributed by atoms with Gasteiger partial charge in [0.1, 0.15) is 0 Å². The summed E-state index contributed by atoms with van der Waals surface area (Å²) in [6.45, 7) is 4.63. The molecule has 0 aliphatic heterocycles. The zero-order valence-electron chi connectivity index (χ0n) is 11.3. The number of nitrogens with one attached hydrogen (secondary N) is 1. The predicted molar refractivity (Wildman–Crippen MR) is 73.2 cm³/mol. The summed E-state index contributed by atoms with van der Waals surface area (Å²) in [4.78, 5) is 11.8. The molecule has 1 amide bonds. The molecule has 1 rings (SSSR count). The highest BCUT2D eigenvalue weighted by Crippen LogP contribution is 2.12. The van der Waals surface area contributed by atoms with Crippen molar-refractivity contribution < 1.29 is 9.53 Å². The van der Waals surface area contributed by atoms with Crippen LogP contribution in [-0.2, 0) is 16.1 Å². The Hall–Kier alpha value is -1.39. The van der Waals surface area contributed by atoms with Crippen LogP contribution in [0.25, 0.3) is 0 Å². The second-order valence-corrected chi connectivity index (χ2v) is 4.86. The van der Waals surface area contributed by atoms with Gasteiger partial charge in [-0.1, -0.05) is 26.0 Å². The van der Waals surface area contributed by atoms with E-state index in [9.17, 15) is 4.79 Å². The van der Waals surface area contributed by atoms with Crippen LogP contribution in [0.1, 0.15) is 25.8 Å². The van der Waals surface area contributed by atoms with Gasteiger partial charge in [-0.2, -0.15) is 0 Å². The van der Waals surface area contributed by atoms with Gasteiger partial charge in [-0.25, -0.2) is 0 Å². The largest absolute Gasteiger partial charge is 0.380 e. The maximum Gasteiger partial charge on any atom is 0.241 e. The van der Waals surface area contributed by atoms with E-state index < -0.39 is 6.04 Å². The molecule has 0 radical (unpaired) electrons. The van der Waals surface area contributed by atoms with Crippen LogP contribution in [0, 0.1) is 5.92 Å². The Kier molecular flexibility index (Phi) is 5.82. The van der Waals surface area contributed by atoms with Gasteiger partial charge in [0, 0.05) is 12.8 Å².